The van der Waals surface area contributed by atoms with Crippen LogP contribution in [-0.4, -0.2) is 84.5 Å². The Morgan fingerprint density at radius 1 is 1.16 bits per heavy atom. The van der Waals surface area contributed by atoms with Crippen molar-refractivity contribution in [3.8, 4) is 11.5 Å². The number of likely N-dealkylation sites (tertiary alicyclic amines) is 1. The Hall–Kier alpha value is -3.93. The number of likely N-dealkylation sites (N-methyl/N-ethyl adjacent to an activating group) is 1. The number of piperidine rings is 1. The lowest BCUT2D eigenvalue weighted by atomic mass is 9.50. The molecular weight excluding hydrogens is 566 g/mol. The van der Waals surface area contributed by atoms with Crippen LogP contribution >= 0.6 is 0 Å². The molecule has 2 aliphatic carbocycles. The predicted octanol–water partition coefficient (Wildman–Crippen LogP) is 1.52. The summed E-state index contributed by atoms with van der Waals surface area (Å²) in [6, 6.07) is 11.2. The average molecular weight is 606 g/mol. The fourth-order valence-electron chi connectivity index (χ4n) is 7.45. The number of benzene rings is 2. The first-order valence-corrected chi connectivity index (χ1v) is 15.0. The third-order valence-electron chi connectivity index (χ3n) is 9.75. The summed E-state index contributed by atoms with van der Waals surface area (Å²) in [6.45, 7) is 3.60. The van der Waals surface area contributed by atoms with E-state index in [9.17, 15) is 19.5 Å². The summed E-state index contributed by atoms with van der Waals surface area (Å²) in [4.78, 5) is 40.8. The average Bonchev–Trinajstić information content (AvgIpc) is 3.36. The minimum Gasteiger partial charge on any atom is -0.493 e. The molecule has 2 aliphatic heterocycles. The van der Waals surface area contributed by atoms with Crippen LogP contribution in [0.15, 0.2) is 54.3 Å². The standard InChI is InChI=1S/C33H39N3O8/c1-18(35-29(37)22(34)16-20-8-6-5-7-9-20)30(38)42-19(2)31(39)43-24-12-13-33(40)25-17-21-10-11-23(41-4)27-26(21)32(33,28(24)44-27)14-15-36(25)3/h5-12,18-19,22,25,28,40H,13-17,34H2,1-4H3,(H,35,37)/t18-,19-,22-,25-,28+,32+,33-/m0/s1. The SMILES string of the molecule is COc1ccc2c3c1O[C@@H]1C(OC(=O)[C@H](C)OC(=O)[C@H](C)NC(=O)[C@@H](N)Cc4ccccc4)=CC[C@]4(O)[C@H](C2)N(C)CC[C@@]314. The van der Waals surface area contributed by atoms with E-state index in [-0.39, 0.29) is 18.2 Å². The van der Waals surface area contributed by atoms with Crippen LogP contribution in [0.4, 0.5) is 0 Å². The van der Waals surface area contributed by atoms with Crippen LogP contribution in [0.3, 0.4) is 0 Å². The third kappa shape index (κ3) is 4.65. The van der Waals surface area contributed by atoms with Crippen molar-refractivity contribution in [3.05, 3.63) is 71.0 Å². The van der Waals surface area contributed by atoms with Gasteiger partial charge in [0.1, 0.15) is 11.8 Å². The summed E-state index contributed by atoms with van der Waals surface area (Å²) < 4.78 is 23.4. The van der Waals surface area contributed by atoms with Gasteiger partial charge in [0.15, 0.2) is 23.7 Å². The van der Waals surface area contributed by atoms with Crippen LogP contribution in [-0.2, 0) is 42.1 Å². The number of methoxy groups -OCH3 is 1. The molecule has 2 bridgehead atoms. The zero-order valence-electron chi connectivity index (χ0n) is 25.4. The van der Waals surface area contributed by atoms with Crippen molar-refractivity contribution in [2.75, 3.05) is 20.7 Å². The van der Waals surface area contributed by atoms with Crippen molar-refractivity contribution >= 4 is 17.8 Å². The maximum atomic E-state index is 13.3. The lowest BCUT2D eigenvalue weighted by molar-refractivity contribution is -0.176. The van der Waals surface area contributed by atoms with Gasteiger partial charge in [-0.2, -0.15) is 0 Å². The molecule has 234 valence electrons. The minimum atomic E-state index is -1.27. The van der Waals surface area contributed by atoms with E-state index in [0.29, 0.717) is 30.8 Å². The van der Waals surface area contributed by atoms with Crippen molar-refractivity contribution in [2.24, 2.45) is 5.73 Å². The number of carbonyl (C=O) groups excluding carboxylic acids is 3. The summed E-state index contributed by atoms with van der Waals surface area (Å²) >= 11 is 0. The molecule has 0 saturated carbocycles. The fraction of sp³-hybridized carbons (Fsp3) is 0.485. The van der Waals surface area contributed by atoms with Crippen LogP contribution in [0.5, 0.6) is 11.5 Å². The van der Waals surface area contributed by atoms with Gasteiger partial charge < -0.3 is 40.0 Å². The van der Waals surface area contributed by atoms with E-state index in [1.165, 1.54) is 13.8 Å². The number of carbonyl (C=O) groups is 3. The minimum absolute atomic E-state index is 0.139. The fourth-order valence-corrected chi connectivity index (χ4v) is 7.45. The van der Waals surface area contributed by atoms with Gasteiger partial charge in [-0.1, -0.05) is 36.4 Å². The van der Waals surface area contributed by atoms with Gasteiger partial charge >= 0.3 is 11.9 Å². The Bertz CT molecular complexity index is 1510. The van der Waals surface area contributed by atoms with Gasteiger partial charge in [-0.3, -0.25) is 4.79 Å². The number of amides is 1. The zero-order valence-corrected chi connectivity index (χ0v) is 25.4. The van der Waals surface area contributed by atoms with E-state index in [2.05, 4.69) is 10.2 Å². The molecule has 1 spiro atoms. The van der Waals surface area contributed by atoms with Gasteiger partial charge in [0.05, 0.1) is 24.2 Å². The molecular formula is C33H39N3O8. The number of nitrogens with zero attached hydrogens (tertiary/aromatic N) is 1. The quantitative estimate of drug-likeness (QED) is 0.359. The molecule has 2 aromatic rings. The Morgan fingerprint density at radius 2 is 1.91 bits per heavy atom. The van der Waals surface area contributed by atoms with Crippen molar-refractivity contribution < 1.29 is 38.4 Å². The first-order valence-electron chi connectivity index (χ1n) is 15.0. The number of nitrogens with two attached hydrogens (primary N) is 1. The number of rotatable bonds is 9. The highest BCUT2D eigenvalue weighted by atomic mass is 16.6. The number of aliphatic hydroxyl groups is 1. The Labute approximate surface area is 256 Å². The molecule has 4 N–H and O–H groups in total. The summed E-state index contributed by atoms with van der Waals surface area (Å²) in [5, 5.41) is 14.9. The molecule has 44 heavy (non-hydrogen) atoms. The molecule has 11 heteroatoms. The highest BCUT2D eigenvalue weighted by Crippen LogP contribution is 2.65. The van der Waals surface area contributed by atoms with Crippen LogP contribution in [0.2, 0.25) is 0 Å². The first-order chi connectivity index (χ1) is 21.0. The first kappa shape index (κ1) is 30.1. The van der Waals surface area contributed by atoms with Crippen molar-refractivity contribution in [2.45, 2.75) is 80.9 Å². The van der Waals surface area contributed by atoms with Crippen molar-refractivity contribution in [1.29, 1.82) is 0 Å². The van der Waals surface area contributed by atoms with Gasteiger partial charge in [0.25, 0.3) is 0 Å². The van der Waals surface area contributed by atoms with E-state index in [1.54, 1.807) is 13.2 Å². The maximum Gasteiger partial charge on any atom is 0.352 e. The monoisotopic (exact) mass is 605 g/mol. The Balaban J connectivity index is 1.14. The van der Waals surface area contributed by atoms with Crippen LogP contribution < -0.4 is 20.5 Å². The highest BCUT2D eigenvalue weighted by molar-refractivity contribution is 5.88. The smallest absolute Gasteiger partial charge is 0.352 e. The number of nitrogens with one attached hydrogen (secondary N) is 1. The van der Waals surface area contributed by atoms with Gasteiger partial charge in [-0.25, -0.2) is 9.59 Å². The van der Waals surface area contributed by atoms with Crippen molar-refractivity contribution in [3.63, 3.8) is 0 Å². The van der Waals surface area contributed by atoms with Gasteiger partial charge in [0, 0.05) is 18.0 Å². The second-order valence-electron chi connectivity index (χ2n) is 12.3. The largest absolute Gasteiger partial charge is 0.493 e. The lowest BCUT2D eigenvalue weighted by Crippen LogP contribution is -2.74. The van der Waals surface area contributed by atoms with Gasteiger partial charge in [-0.15, -0.1) is 0 Å². The number of hydrogen-bond donors (Lipinski definition) is 3. The van der Waals surface area contributed by atoms with E-state index >= 15 is 0 Å². The molecule has 7 atom stereocenters. The molecule has 0 aromatic heterocycles. The highest BCUT2D eigenvalue weighted by Gasteiger charge is 2.72. The lowest BCUT2D eigenvalue weighted by Gasteiger charge is -2.61. The Kier molecular flexibility index (Phi) is 7.67. The molecule has 2 heterocycles. The van der Waals surface area contributed by atoms with Gasteiger partial charge in [-0.05, 0) is 70.0 Å². The summed E-state index contributed by atoms with van der Waals surface area (Å²) in [7, 11) is 3.59. The number of hydrogen-bond acceptors (Lipinski definition) is 10. The van der Waals surface area contributed by atoms with Crippen molar-refractivity contribution in [1.82, 2.24) is 10.2 Å². The molecule has 1 fully saturated rings. The Morgan fingerprint density at radius 3 is 2.64 bits per heavy atom. The summed E-state index contributed by atoms with van der Waals surface area (Å²) in [5.74, 6) is -0.716. The van der Waals surface area contributed by atoms with E-state index in [0.717, 1.165) is 23.2 Å². The van der Waals surface area contributed by atoms with Crippen LogP contribution in [0.25, 0.3) is 0 Å². The van der Waals surface area contributed by atoms with E-state index in [1.807, 2.05) is 49.5 Å². The third-order valence-corrected chi connectivity index (χ3v) is 9.75. The van der Waals surface area contributed by atoms with Crippen LogP contribution in [0, 0.1) is 0 Å². The molecule has 11 nitrogen and oxygen atoms in total. The molecule has 1 saturated heterocycles. The molecule has 1 amide bonds. The summed E-state index contributed by atoms with van der Waals surface area (Å²) in [6.07, 6.45) is 1.50. The maximum absolute atomic E-state index is 13.3. The number of ether oxygens (including phenoxy) is 4. The van der Waals surface area contributed by atoms with Crippen LogP contribution in [0.1, 0.15) is 43.4 Å². The molecule has 2 aromatic carbocycles. The second kappa shape index (κ2) is 11.2. The topological polar surface area (TPSA) is 150 Å². The molecule has 4 aliphatic rings. The molecule has 0 unspecified atom stereocenters. The normalized spacial score (nSPS) is 28.4. The van der Waals surface area contributed by atoms with E-state index < -0.39 is 53.2 Å². The molecule has 6 rings (SSSR count). The molecule has 0 radical (unpaired) electrons. The number of esters is 2. The summed E-state index contributed by atoms with van der Waals surface area (Å²) in [5.41, 5.74) is 6.96. The van der Waals surface area contributed by atoms with Gasteiger partial charge in [0.2, 0.25) is 5.91 Å². The second-order valence-corrected chi connectivity index (χ2v) is 12.3. The van der Waals surface area contributed by atoms with E-state index in [4.69, 9.17) is 24.7 Å². The predicted molar refractivity (Wildman–Crippen MR) is 159 cm³/mol. The zero-order chi connectivity index (χ0) is 31.4.